The van der Waals surface area contributed by atoms with Gasteiger partial charge in [-0.15, -0.1) is 0 Å². The zero-order valence-electron chi connectivity index (χ0n) is 21.7. The fourth-order valence-corrected chi connectivity index (χ4v) is 9.94. The minimum atomic E-state index is -0.726. The summed E-state index contributed by atoms with van der Waals surface area (Å²) in [7, 11) is 4.03. The molecule has 6 aliphatic rings. The van der Waals surface area contributed by atoms with E-state index in [9.17, 15) is 10.2 Å². The van der Waals surface area contributed by atoms with E-state index in [-0.39, 0.29) is 28.1 Å². The molecule has 4 aliphatic carbocycles. The predicted octanol–water partition coefficient (Wildman–Crippen LogP) is 3.97. The highest BCUT2D eigenvalue weighted by Crippen LogP contribution is 2.81. The lowest BCUT2D eigenvalue weighted by molar-refractivity contribution is -0.248. The topological polar surface area (TPSA) is 81.6 Å². The van der Waals surface area contributed by atoms with Gasteiger partial charge in [-0.05, 0) is 94.3 Å². The van der Waals surface area contributed by atoms with Crippen LogP contribution in [-0.2, 0) is 4.74 Å². The second kappa shape index (κ2) is 6.52. The van der Waals surface area contributed by atoms with Crippen LogP contribution in [0.5, 0.6) is 0 Å². The number of imidazole rings is 1. The fraction of sp³-hybridized carbons (Fsp3) is 0.633. The highest BCUT2D eigenvalue weighted by Gasteiger charge is 2.84. The van der Waals surface area contributed by atoms with Crippen molar-refractivity contribution in [1.82, 2.24) is 14.9 Å². The maximum atomic E-state index is 11.5. The number of hydrogen-bond acceptors (Lipinski definition) is 5. The van der Waals surface area contributed by atoms with Crippen molar-refractivity contribution in [2.24, 2.45) is 22.7 Å². The summed E-state index contributed by atoms with van der Waals surface area (Å²) in [5, 5.41) is 22.6. The summed E-state index contributed by atoms with van der Waals surface area (Å²) in [5.74, 6) is 1.70. The number of nitrogens with one attached hydrogen (secondary N) is 1. The third-order valence-corrected chi connectivity index (χ3v) is 11.6. The van der Waals surface area contributed by atoms with Crippen molar-refractivity contribution in [3.63, 3.8) is 0 Å². The van der Waals surface area contributed by atoms with E-state index in [4.69, 9.17) is 4.74 Å². The lowest BCUT2D eigenvalue weighted by Crippen LogP contribution is -2.67. The number of aryl methyl sites for hydroxylation is 1. The van der Waals surface area contributed by atoms with Crippen molar-refractivity contribution >= 4 is 16.6 Å². The van der Waals surface area contributed by atoms with Crippen LogP contribution in [0.1, 0.15) is 56.8 Å². The van der Waals surface area contributed by atoms with E-state index in [1.807, 2.05) is 21.0 Å². The van der Waals surface area contributed by atoms with E-state index >= 15 is 0 Å². The number of fused-ring (bicyclic) bond motifs is 3. The second-order valence-corrected chi connectivity index (χ2v) is 13.2. The molecule has 1 aromatic heterocycles. The fourth-order valence-electron chi connectivity index (χ4n) is 9.94. The first-order valence-electron chi connectivity index (χ1n) is 13.8. The average molecular weight is 488 g/mol. The van der Waals surface area contributed by atoms with Gasteiger partial charge >= 0.3 is 0 Å². The van der Waals surface area contributed by atoms with Crippen LogP contribution in [0.15, 0.2) is 35.9 Å². The molecule has 2 saturated heterocycles. The molecule has 2 saturated carbocycles. The molecule has 1 aromatic carbocycles. The maximum absolute atomic E-state index is 11.5. The Kier molecular flexibility index (Phi) is 3.99. The molecule has 3 N–H and O–H groups in total. The summed E-state index contributed by atoms with van der Waals surface area (Å²) in [5.41, 5.74) is 5.42. The van der Waals surface area contributed by atoms with Crippen LogP contribution in [0, 0.1) is 29.6 Å². The molecule has 4 fully saturated rings. The van der Waals surface area contributed by atoms with Gasteiger partial charge < -0.3 is 24.8 Å². The van der Waals surface area contributed by atoms with Gasteiger partial charge in [-0.1, -0.05) is 25.1 Å². The van der Waals surface area contributed by atoms with E-state index in [1.165, 1.54) is 16.7 Å². The molecule has 6 nitrogen and oxygen atoms in total. The van der Waals surface area contributed by atoms with E-state index in [1.54, 1.807) is 0 Å². The number of nitrogens with zero attached hydrogens (tertiary/aromatic N) is 2. The predicted molar refractivity (Wildman–Crippen MR) is 138 cm³/mol. The summed E-state index contributed by atoms with van der Waals surface area (Å²) in [6.45, 7) is 4.46. The van der Waals surface area contributed by atoms with Crippen LogP contribution in [-0.4, -0.2) is 68.6 Å². The number of aliphatic hydroxyl groups is 2. The number of aliphatic hydroxyl groups excluding tert-OH is 2. The monoisotopic (exact) mass is 487 g/mol. The van der Waals surface area contributed by atoms with Crippen molar-refractivity contribution in [3.8, 4) is 0 Å². The minimum Gasteiger partial charge on any atom is -0.390 e. The highest BCUT2D eigenvalue weighted by atomic mass is 16.5. The molecular weight excluding hydrogens is 450 g/mol. The number of ether oxygens (including phenoxy) is 1. The van der Waals surface area contributed by atoms with E-state index in [2.05, 4.69) is 52.1 Å². The Hall–Kier alpha value is -1.99. The van der Waals surface area contributed by atoms with E-state index < -0.39 is 12.2 Å². The van der Waals surface area contributed by atoms with Gasteiger partial charge in [0.05, 0.1) is 34.4 Å². The number of benzene rings is 1. The van der Waals surface area contributed by atoms with E-state index in [0.29, 0.717) is 11.8 Å². The average Bonchev–Trinajstić information content (AvgIpc) is 3.13. The first kappa shape index (κ1) is 22.0. The van der Waals surface area contributed by atoms with Crippen LogP contribution in [0.4, 0.5) is 0 Å². The molecule has 3 heterocycles. The number of allylic oxidation sites excluding steroid dienone is 3. The van der Waals surface area contributed by atoms with Gasteiger partial charge in [0, 0.05) is 22.8 Å². The molecule has 3 unspecified atom stereocenters. The van der Waals surface area contributed by atoms with Gasteiger partial charge in [-0.3, -0.25) is 0 Å². The summed E-state index contributed by atoms with van der Waals surface area (Å²) in [4.78, 5) is 10.1. The van der Waals surface area contributed by atoms with Gasteiger partial charge in [0.15, 0.2) is 0 Å². The third-order valence-electron chi connectivity index (χ3n) is 11.6. The maximum Gasteiger partial charge on any atom is 0.104 e. The Balaban J connectivity index is 1.21. The molecule has 2 aromatic rings. The van der Waals surface area contributed by atoms with Crippen molar-refractivity contribution < 1.29 is 14.9 Å². The Morgan fingerprint density at radius 2 is 1.97 bits per heavy atom. The highest BCUT2D eigenvalue weighted by molar-refractivity contribution is 5.83. The zero-order chi connectivity index (χ0) is 24.8. The molecule has 0 radical (unpaired) electrons. The molecular formula is C30H37N3O3. The van der Waals surface area contributed by atoms with Crippen molar-refractivity contribution in [3.05, 3.63) is 47.3 Å². The number of H-pyrrole nitrogens is 1. The lowest BCUT2D eigenvalue weighted by Gasteiger charge is -2.59. The smallest absolute Gasteiger partial charge is 0.104 e. The van der Waals surface area contributed by atoms with Crippen LogP contribution < -0.4 is 0 Å². The molecule has 36 heavy (non-hydrogen) atoms. The Morgan fingerprint density at radius 3 is 2.78 bits per heavy atom. The second-order valence-electron chi connectivity index (χ2n) is 13.2. The number of hydrogen-bond donors (Lipinski definition) is 3. The third kappa shape index (κ3) is 2.29. The summed E-state index contributed by atoms with van der Waals surface area (Å²) in [6.07, 6.45) is 9.33. The Labute approximate surface area is 212 Å². The minimum absolute atomic E-state index is 0.0143. The van der Waals surface area contributed by atoms with Gasteiger partial charge in [0.1, 0.15) is 5.82 Å². The molecule has 190 valence electrons. The van der Waals surface area contributed by atoms with Crippen LogP contribution in [0.2, 0.25) is 0 Å². The molecule has 3 spiro atoms. The Morgan fingerprint density at radius 1 is 1.14 bits per heavy atom. The molecule has 6 heteroatoms. The number of rotatable bonds is 2. The lowest BCUT2D eigenvalue weighted by atomic mass is 9.57. The van der Waals surface area contributed by atoms with Crippen molar-refractivity contribution in [1.29, 1.82) is 0 Å². The van der Waals surface area contributed by atoms with Gasteiger partial charge in [0.25, 0.3) is 0 Å². The van der Waals surface area contributed by atoms with Crippen LogP contribution >= 0.6 is 0 Å². The van der Waals surface area contributed by atoms with E-state index in [0.717, 1.165) is 55.4 Å². The molecule has 8 rings (SSSR count). The van der Waals surface area contributed by atoms with Gasteiger partial charge in [-0.2, -0.15) is 0 Å². The normalized spacial score (nSPS) is 48.2. The van der Waals surface area contributed by atoms with Crippen molar-refractivity contribution in [2.45, 2.75) is 81.8 Å². The van der Waals surface area contributed by atoms with Gasteiger partial charge in [0.2, 0.25) is 0 Å². The first-order chi connectivity index (χ1) is 17.2. The number of aromatic nitrogens is 2. The van der Waals surface area contributed by atoms with Crippen LogP contribution in [0.3, 0.4) is 0 Å². The summed E-state index contributed by atoms with van der Waals surface area (Å²) < 4.78 is 7.45. The number of aromatic amines is 1. The molecule has 9 atom stereocenters. The zero-order valence-corrected chi connectivity index (χ0v) is 21.7. The quantitative estimate of drug-likeness (QED) is 0.559. The standard InChI is InChI=1S/C30H37N3O3/c1-16-31-21-7-5-17(13-22(21)32-16)18-6-8-24-27(18,2)10-9-19-20-14-29(20)26(35)25(34)23(33(3)4)15-28(29)11-12-30(19,24)36-28/h5-7,9,13,20,23-26,34-35H,8,10-12,14-15H2,1-4H3,(H,31,32)/t20?,23-,24?,25+,26-,27+,28+,29?,30+/m0/s1. The molecule has 2 aliphatic heterocycles. The van der Waals surface area contributed by atoms with Gasteiger partial charge in [-0.25, -0.2) is 4.98 Å². The summed E-state index contributed by atoms with van der Waals surface area (Å²) >= 11 is 0. The molecule has 0 amide bonds. The molecule has 2 bridgehead atoms. The Bertz CT molecular complexity index is 1380. The SMILES string of the molecule is Cc1nc2ccc(C3=CCC4[C@]3(C)CC=C3C5CC56[C@@H](O)[C@H](O)[C@@H](N(C)C)C[C@]65CC[C@@]34O5)cc2[nH]1. The van der Waals surface area contributed by atoms with Crippen molar-refractivity contribution in [2.75, 3.05) is 14.1 Å². The number of likely N-dealkylation sites (N-methyl/N-ethyl adjacent to an activating group) is 1. The van der Waals surface area contributed by atoms with Crippen LogP contribution in [0.25, 0.3) is 16.6 Å². The first-order valence-corrected chi connectivity index (χ1v) is 13.8. The summed E-state index contributed by atoms with van der Waals surface area (Å²) in [6, 6.07) is 6.58. The largest absolute Gasteiger partial charge is 0.390 e.